The number of nitrogens with one attached hydrogen (secondary N) is 1. The molecule has 0 aromatic carbocycles. The first-order chi connectivity index (χ1) is 9.54. The van der Waals surface area contributed by atoms with Crippen LogP contribution in [-0.2, 0) is 14.3 Å². The largest absolute Gasteiger partial charge is 0.384 e. The van der Waals surface area contributed by atoms with Gasteiger partial charge in [-0.25, -0.2) is 0 Å². The molecule has 20 heavy (non-hydrogen) atoms. The number of rotatable bonds is 5. The van der Waals surface area contributed by atoms with Crippen LogP contribution in [0.2, 0.25) is 0 Å². The number of nitrogens with zero attached hydrogens (tertiary/aromatic N) is 1. The average Bonchev–Trinajstić information content (AvgIpc) is 2.75. The van der Waals surface area contributed by atoms with Crippen LogP contribution in [0.5, 0.6) is 0 Å². The van der Waals surface area contributed by atoms with Gasteiger partial charge < -0.3 is 20.7 Å². The highest BCUT2D eigenvalue weighted by Gasteiger charge is 2.50. The molecule has 1 heterocycles. The van der Waals surface area contributed by atoms with Gasteiger partial charge in [0.1, 0.15) is 6.04 Å². The lowest BCUT2D eigenvalue weighted by atomic mass is 9.68. The summed E-state index contributed by atoms with van der Waals surface area (Å²) in [6.45, 7) is 3.33. The average molecular weight is 283 g/mol. The fourth-order valence-corrected chi connectivity index (χ4v) is 3.24. The zero-order valence-corrected chi connectivity index (χ0v) is 12.4. The van der Waals surface area contributed by atoms with Gasteiger partial charge in [-0.2, -0.15) is 0 Å². The van der Waals surface area contributed by atoms with E-state index in [9.17, 15) is 9.59 Å². The Morgan fingerprint density at radius 3 is 2.65 bits per heavy atom. The molecule has 6 nitrogen and oxygen atoms in total. The first-order valence-corrected chi connectivity index (χ1v) is 7.37. The van der Waals surface area contributed by atoms with Gasteiger partial charge in [0, 0.05) is 26.2 Å². The van der Waals surface area contributed by atoms with Gasteiger partial charge in [-0.3, -0.25) is 9.59 Å². The maximum atomic E-state index is 12.8. The van der Waals surface area contributed by atoms with Gasteiger partial charge in [-0.15, -0.1) is 0 Å². The molecule has 2 atom stereocenters. The Bertz CT molecular complexity index is 382. The van der Waals surface area contributed by atoms with Gasteiger partial charge in [-0.1, -0.05) is 6.42 Å². The zero-order chi connectivity index (χ0) is 14.8. The van der Waals surface area contributed by atoms with Crippen molar-refractivity contribution in [1.82, 2.24) is 10.2 Å². The molecule has 2 fully saturated rings. The van der Waals surface area contributed by atoms with E-state index < -0.39 is 11.5 Å². The van der Waals surface area contributed by atoms with E-state index >= 15 is 0 Å². The third-order valence-corrected chi connectivity index (χ3v) is 4.43. The third kappa shape index (κ3) is 2.67. The van der Waals surface area contributed by atoms with Crippen LogP contribution in [0, 0.1) is 5.41 Å². The Morgan fingerprint density at radius 2 is 2.15 bits per heavy atom. The summed E-state index contributed by atoms with van der Waals surface area (Å²) in [6.07, 6.45) is 3.27. The van der Waals surface area contributed by atoms with Crippen molar-refractivity contribution in [2.24, 2.45) is 11.1 Å². The van der Waals surface area contributed by atoms with Crippen LogP contribution in [0.4, 0.5) is 0 Å². The van der Waals surface area contributed by atoms with E-state index in [2.05, 4.69) is 5.32 Å². The van der Waals surface area contributed by atoms with Crippen molar-refractivity contribution in [2.75, 3.05) is 26.8 Å². The van der Waals surface area contributed by atoms with Crippen LogP contribution >= 0.6 is 0 Å². The molecule has 0 radical (unpaired) electrons. The molecule has 2 aliphatic rings. The Kier molecular flexibility index (Phi) is 4.65. The SMILES string of the molecule is CCNC(=O)[C@@H]1C[C@@H](N)CN1C(=O)C1(COC)CCC1. The van der Waals surface area contributed by atoms with Crippen LogP contribution in [0.25, 0.3) is 0 Å². The molecular weight excluding hydrogens is 258 g/mol. The molecule has 2 amide bonds. The molecule has 3 N–H and O–H groups in total. The number of amides is 2. The Labute approximate surface area is 120 Å². The highest BCUT2D eigenvalue weighted by Crippen LogP contribution is 2.43. The van der Waals surface area contributed by atoms with Crippen molar-refractivity contribution in [2.45, 2.75) is 44.7 Å². The summed E-state index contributed by atoms with van der Waals surface area (Å²) in [5, 5.41) is 2.79. The summed E-state index contributed by atoms with van der Waals surface area (Å²) in [5.74, 6) is -0.0597. The number of hydrogen-bond acceptors (Lipinski definition) is 4. The quantitative estimate of drug-likeness (QED) is 0.736. The second-order valence-corrected chi connectivity index (χ2v) is 5.93. The van der Waals surface area contributed by atoms with E-state index in [0.29, 0.717) is 26.1 Å². The molecular formula is C14H25N3O3. The number of methoxy groups -OCH3 is 1. The van der Waals surface area contributed by atoms with Crippen molar-refractivity contribution in [3.8, 4) is 0 Å². The van der Waals surface area contributed by atoms with Crippen molar-refractivity contribution in [3.05, 3.63) is 0 Å². The molecule has 0 unspecified atom stereocenters. The monoisotopic (exact) mass is 283 g/mol. The van der Waals surface area contributed by atoms with E-state index in [0.717, 1.165) is 19.3 Å². The van der Waals surface area contributed by atoms with E-state index in [-0.39, 0.29) is 17.9 Å². The van der Waals surface area contributed by atoms with E-state index in [1.807, 2.05) is 6.92 Å². The highest BCUT2D eigenvalue weighted by atomic mass is 16.5. The zero-order valence-electron chi connectivity index (χ0n) is 12.4. The molecule has 1 saturated heterocycles. The Hall–Kier alpha value is -1.14. The molecule has 114 valence electrons. The fraction of sp³-hybridized carbons (Fsp3) is 0.857. The summed E-state index contributed by atoms with van der Waals surface area (Å²) < 4.78 is 5.22. The minimum Gasteiger partial charge on any atom is -0.384 e. The Morgan fingerprint density at radius 1 is 1.45 bits per heavy atom. The van der Waals surface area contributed by atoms with Crippen LogP contribution in [0.15, 0.2) is 0 Å². The van der Waals surface area contributed by atoms with E-state index in [1.54, 1.807) is 12.0 Å². The lowest BCUT2D eigenvalue weighted by Crippen LogP contribution is -2.55. The summed E-state index contributed by atoms with van der Waals surface area (Å²) in [6, 6.07) is -0.544. The number of carbonyl (C=O) groups excluding carboxylic acids is 2. The molecule has 1 aliphatic heterocycles. The summed E-state index contributed by atoms with van der Waals surface area (Å²) in [5.41, 5.74) is 5.53. The van der Waals surface area contributed by atoms with Gasteiger partial charge in [0.2, 0.25) is 11.8 Å². The van der Waals surface area contributed by atoms with Gasteiger partial charge in [-0.05, 0) is 26.2 Å². The predicted molar refractivity (Wildman–Crippen MR) is 74.9 cm³/mol. The normalized spacial score (nSPS) is 28.1. The van der Waals surface area contributed by atoms with Crippen molar-refractivity contribution < 1.29 is 14.3 Å². The van der Waals surface area contributed by atoms with E-state index in [1.165, 1.54) is 0 Å². The fourth-order valence-electron chi connectivity index (χ4n) is 3.24. The standard InChI is InChI=1S/C14H25N3O3/c1-3-16-12(18)11-7-10(15)8-17(11)13(19)14(9-20-2)5-4-6-14/h10-11H,3-9,15H2,1-2H3,(H,16,18)/t10-,11+/m1/s1. The first-order valence-electron chi connectivity index (χ1n) is 7.37. The number of ether oxygens (including phenoxy) is 1. The van der Waals surface area contributed by atoms with Crippen molar-refractivity contribution >= 4 is 11.8 Å². The summed E-state index contributed by atoms with van der Waals surface area (Å²) in [4.78, 5) is 26.6. The maximum absolute atomic E-state index is 12.8. The van der Waals surface area contributed by atoms with E-state index in [4.69, 9.17) is 10.5 Å². The second kappa shape index (κ2) is 6.10. The van der Waals surface area contributed by atoms with Gasteiger partial charge in [0.25, 0.3) is 0 Å². The van der Waals surface area contributed by atoms with Gasteiger partial charge in [0.15, 0.2) is 0 Å². The Balaban J connectivity index is 2.12. The first kappa shape index (κ1) is 15.3. The number of likely N-dealkylation sites (N-methyl/N-ethyl adjacent to an activating group) is 1. The number of nitrogens with two attached hydrogens (primary N) is 1. The second-order valence-electron chi connectivity index (χ2n) is 5.93. The molecule has 1 aliphatic carbocycles. The number of carbonyl (C=O) groups is 2. The predicted octanol–water partition coefficient (Wildman–Crippen LogP) is -0.133. The molecule has 6 heteroatoms. The molecule has 1 saturated carbocycles. The molecule has 0 spiro atoms. The van der Waals surface area contributed by atoms with Crippen LogP contribution in [0.1, 0.15) is 32.6 Å². The van der Waals surface area contributed by atoms with Gasteiger partial charge in [0.05, 0.1) is 12.0 Å². The number of hydrogen-bond donors (Lipinski definition) is 2. The highest BCUT2D eigenvalue weighted by molar-refractivity contribution is 5.91. The lowest BCUT2D eigenvalue weighted by molar-refractivity contribution is -0.155. The van der Waals surface area contributed by atoms with Gasteiger partial charge >= 0.3 is 0 Å². The maximum Gasteiger partial charge on any atom is 0.242 e. The van der Waals surface area contributed by atoms with Crippen LogP contribution in [-0.4, -0.2) is 55.6 Å². The molecule has 0 aromatic heterocycles. The smallest absolute Gasteiger partial charge is 0.242 e. The minimum atomic E-state index is -0.427. The molecule has 0 aromatic rings. The molecule has 2 rings (SSSR count). The topological polar surface area (TPSA) is 84.7 Å². The van der Waals surface area contributed by atoms with Crippen LogP contribution in [0.3, 0.4) is 0 Å². The van der Waals surface area contributed by atoms with Crippen LogP contribution < -0.4 is 11.1 Å². The lowest BCUT2D eigenvalue weighted by Gasteiger charge is -2.43. The minimum absolute atomic E-state index is 0.0369. The third-order valence-electron chi connectivity index (χ3n) is 4.43. The van der Waals surface area contributed by atoms with Crippen molar-refractivity contribution in [3.63, 3.8) is 0 Å². The summed E-state index contributed by atoms with van der Waals surface area (Å²) in [7, 11) is 1.62. The number of likely N-dealkylation sites (tertiary alicyclic amines) is 1. The summed E-state index contributed by atoms with van der Waals surface area (Å²) >= 11 is 0. The molecule has 0 bridgehead atoms. The van der Waals surface area contributed by atoms with Crippen molar-refractivity contribution in [1.29, 1.82) is 0 Å².